The van der Waals surface area contributed by atoms with Crippen LogP contribution in [0.25, 0.3) is 0 Å². The number of amides is 1. The third-order valence-electron chi connectivity index (χ3n) is 5.20. The summed E-state index contributed by atoms with van der Waals surface area (Å²) in [7, 11) is 0. The van der Waals surface area contributed by atoms with E-state index in [0.717, 1.165) is 31.6 Å². The van der Waals surface area contributed by atoms with Crippen molar-refractivity contribution in [2.24, 2.45) is 0 Å². The average Bonchev–Trinajstić information content (AvgIpc) is 3.17. The van der Waals surface area contributed by atoms with Gasteiger partial charge in [0.05, 0.1) is 13.2 Å². The summed E-state index contributed by atoms with van der Waals surface area (Å²) < 4.78 is 11.5. The lowest BCUT2D eigenvalue weighted by atomic mass is 10.0. The lowest BCUT2D eigenvalue weighted by Gasteiger charge is -2.37. The molecule has 0 bridgehead atoms. The van der Waals surface area contributed by atoms with Crippen LogP contribution in [0, 0.1) is 0 Å². The first kappa shape index (κ1) is 17.9. The summed E-state index contributed by atoms with van der Waals surface area (Å²) >= 11 is 0. The van der Waals surface area contributed by atoms with E-state index in [9.17, 15) is 4.79 Å². The lowest BCUT2D eigenvalue weighted by Crippen LogP contribution is -2.47. The van der Waals surface area contributed by atoms with Crippen molar-refractivity contribution >= 4 is 11.7 Å². The van der Waals surface area contributed by atoms with Crippen LogP contribution in [-0.4, -0.2) is 54.4 Å². The fraction of sp³-hybridized carbons (Fsp3) is 0.429. The second-order valence-corrected chi connectivity index (χ2v) is 6.99. The van der Waals surface area contributed by atoms with Gasteiger partial charge in [-0.3, -0.25) is 4.79 Å². The van der Waals surface area contributed by atoms with E-state index in [1.807, 2.05) is 29.2 Å². The molecule has 2 aromatic rings. The molecule has 6 heteroatoms. The van der Waals surface area contributed by atoms with Gasteiger partial charge < -0.3 is 19.7 Å². The number of piperidine rings is 1. The minimum atomic E-state index is -0.459. The van der Waals surface area contributed by atoms with Crippen molar-refractivity contribution in [1.82, 2.24) is 9.88 Å². The number of carbonyl (C=O) groups is 1. The monoisotopic (exact) mass is 367 g/mol. The van der Waals surface area contributed by atoms with Crippen molar-refractivity contribution < 1.29 is 14.3 Å². The molecule has 3 heterocycles. The van der Waals surface area contributed by atoms with E-state index in [-0.39, 0.29) is 5.91 Å². The van der Waals surface area contributed by atoms with Crippen LogP contribution in [0.5, 0.6) is 0 Å². The maximum Gasteiger partial charge on any atom is 0.254 e. The molecule has 1 aromatic carbocycles. The largest absolute Gasteiger partial charge is 0.370 e. The van der Waals surface area contributed by atoms with Gasteiger partial charge >= 0.3 is 0 Å². The van der Waals surface area contributed by atoms with Crippen LogP contribution in [-0.2, 0) is 15.9 Å². The molecule has 0 radical (unpaired) electrons. The van der Waals surface area contributed by atoms with Gasteiger partial charge in [0.1, 0.15) is 5.82 Å². The van der Waals surface area contributed by atoms with Gasteiger partial charge in [-0.1, -0.05) is 30.3 Å². The van der Waals surface area contributed by atoms with E-state index in [1.165, 1.54) is 5.56 Å². The third-order valence-corrected chi connectivity index (χ3v) is 5.20. The molecule has 1 spiro atoms. The molecule has 1 aromatic heterocycles. The summed E-state index contributed by atoms with van der Waals surface area (Å²) in [6.45, 7) is 3.37. The van der Waals surface area contributed by atoms with Crippen molar-refractivity contribution in [2.45, 2.75) is 25.0 Å². The van der Waals surface area contributed by atoms with E-state index in [1.54, 1.807) is 12.3 Å². The Morgan fingerprint density at radius 2 is 1.85 bits per heavy atom. The van der Waals surface area contributed by atoms with E-state index in [4.69, 9.17) is 9.47 Å². The molecule has 6 nitrogen and oxygen atoms in total. The number of rotatable bonds is 5. The van der Waals surface area contributed by atoms with Gasteiger partial charge in [-0.2, -0.15) is 0 Å². The van der Waals surface area contributed by atoms with Crippen LogP contribution < -0.4 is 5.32 Å². The fourth-order valence-corrected chi connectivity index (χ4v) is 3.66. The number of hydrogen-bond acceptors (Lipinski definition) is 5. The highest BCUT2D eigenvalue weighted by atomic mass is 16.7. The van der Waals surface area contributed by atoms with Crippen molar-refractivity contribution in [3.8, 4) is 0 Å². The van der Waals surface area contributed by atoms with Crippen LogP contribution in [0.2, 0.25) is 0 Å². The number of ether oxygens (including phenoxy) is 2. The average molecular weight is 367 g/mol. The van der Waals surface area contributed by atoms with E-state index in [0.29, 0.717) is 31.9 Å². The van der Waals surface area contributed by atoms with Crippen molar-refractivity contribution in [3.63, 3.8) is 0 Å². The number of likely N-dealkylation sites (tertiary alicyclic amines) is 1. The van der Waals surface area contributed by atoms with Crippen LogP contribution in [0.1, 0.15) is 28.8 Å². The molecule has 142 valence electrons. The zero-order valence-electron chi connectivity index (χ0n) is 15.4. The number of nitrogens with one attached hydrogen (secondary N) is 1. The Bertz CT molecular complexity index is 765. The molecule has 4 rings (SSSR count). The highest BCUT2D eigenvalue weighted by molar-refractivity contribution is 5.94. The Balaban J connectivity index is 1.32. The van der Waals surface area contributed by atoms with Crippen molar-refractivity contribution in [3.05, 3.63) is 59.8 Å². The van der Waals surface area contributed by atoms with Crippen molar-refractivity contribution in [1.29, 1.82) is 0 Å². The molecule has 27 heavy (non-hydrogen) atoms. The molecule has 2 fully saturated rings. The standard InChI is InChI=1S/C21H25N3O3/c25-20(24-12-8-21(9-13-24)26-14-15-27-21)18-7-11-23-19(16-18)22-10-6-17-4-2-1-3-5-17/h1-5,7,11,16H,6,8-10,12-15H2,(H,22,23). The van der Waals surface area contributed by atoms with Crippen LogP contribution >= 0.6 is 0 Å². The second kappa shape index (κ2) is 8.06. The minimum Gasteiger partial charge on any atom is -0.370 e. The molecular weight excluding hydrogens is 342 g/mol. The number of nitrogens with zero attached hydrogens (tertiary/aromatic N) is 2. The molecule has 2 aliphatic rings. The Labute approximate surface area is 159 Å². The number of benzene rings is 1. The zero-order chi connectivity index (χ0) is 18.5. The predicted octanol–water partition coefficient (Wildman–Crippen LogP) is 2.72. The van der Waals surface area contributed by atoms with Gasteiger partial charge in [-0.15, -0.1) is 0 Å². The maximum absolute atomic E-state index is 12.8. The first-order chi connectivity index (χ1) is 13.2. The molecule has 2 saturated heterocycles. The molecule has 2 aliphatic heterocycles. The van der Waals surface area contributed by atoms with Crippen LogP contribution in [0.15, 0.2) is 48.7 Å². The predicted molar refractivity (Wildman–Crippen MR) is 103 cm³/mol. The Morgan fingerprint density at radius 1 is 1.11 bits per heavy atom. The van der Waals surface area contributed by atoms with Gasteiger partial charge in [-0.05, 0) is 24.1 Å². The minimum absolute atomic E-state index is 0.0383. The molecule has 0 saturated carbocycles. The molecule has 1 amide bonds. The summed E-state index contributed by atoms with van der Waals surface area (Å²) in [5, 5.41) is 3.31. The molecular formula is C21H25N3O3. The third kappa shape index (κ3) is 4.28. The SMILES string of the molecule is O=C(c1ccnc(NCCc2ccccc2)c1)N1CCC2(CC1)OCCO2. The fourth-order valence-electron chi connectivity index (χ4n) is 3.66. The van der Waals surface area contributed by atoms with E-state index >= 15 is 0 Å². The quantitative estimate of drug-likeness (QED) is 0.880. The second-order valence-electron chi connectivity index (χ2n) is 6.99. The normalized spacial score (nSPS) is 18.6. The number of carbonyl (C=O) groups excluding carboxylic acids is 1. The first-order valence-corrected chi connectivity index (χ1v) is 9.55. The van der Waals surface area contributed by atoms with Gasteiger partial charge in [0.15, 0.2) is 5.79 Å². The Hall–Kier alpha value is -2.44. The van der Waals surface area contributed by atoms with Gasteiger partial charge in [0.2, 0.25) is 0 Å². The highest BCUT2D eigenvalue weighted by Gasteiger charge is 2.40. The summed E-state index contributed by atoms with van der Waals surface area (Å²) in [4.78, 5) is 19.0. The Morgan fingerprint density at radius 3 is 2.59 bits per heavy atom. The Kier molecular flexibility index (Phi) is 5.36. The first-order valence-electron chi connectivity index (χ1n) is 9.55. The van der Waals surface area contributed by atoms with E-state index < -0.39 is 5.79 Å². The molecule has 0 atom stereocenters. The number of anilines is 1. The van der Waals surface area contributed by atoms with Gasteiger partial charge in [-0.25, -0.2) is 4.98 Å². The summed E-state index contributed by atoms with van der Waals surface area (Å²) in [5.41, 5.74) is 1.94. The van der Waals surface area contributed by atoms with Gasteiger partial charge in [0, 0.05) is 44.2 Å². The summed E-state index contributed by atoms with van der Waals surface area (Å²) in [5.74, 6) is 0.309. The zero-order valence-corrected chi connectivity index (χ0v) is 15.4. The van der Waals surface area contributed by atoms with E-state index in [2.05, 4.69) is 22.4 Å². The summed E-state index contributed by atoms with van der Waals surface area (Å²) in [6.07, 6.45) is 4.06. The molecule has 0 unspecified atom stereocenters. The molecule has 0 aliphatic carbocycles. The van der Waals surface area contributed by atoms with Crippen LogP contribution in [0.3, 0.4) is 0 Å². The highest BCUT2D eigenvalue weighted by Crippen LogP contribution is 2.31. The lowest BCUT2D eigenvalue weighted by molar-refractivity contribution is -0.181. The van der Waals surface area contributed by atoms with Crippen LogP contribution in [0.4, 0.5) is 5.82 Å². The topological polar surface area (TPSA) is 63.7 Å². The van der Waals surface area contributed by atoms with Crippen molar-refractivity contribution in [2.75, 3.05) is 38.2 Å². The molecule has 1 N–H and O–H groups in total. The number of hydrogen-bond donors (Lipinski definition) is 1. The number of pyridine rings is 1. The number of aromatic nitrogens is 1. The van der Waals surface area contributed by atoms with Gasteiger partial charge in [0.25, 0.3) is 5.91 Å². The smallest absolute Gasteiger partial charge is 0.254 e. The maximum atomic E-state index is 12.8. The summed E-state index contributed by atoms with van der Waals surface area (Å²) in [6, 6.07) is 13.9.